The molecule has 2 fully saturated rings. The van der Waals surface area contributed by atoms with Crippen LogP contribution in [-0.2, 0) is 35.2 Å². The largest absolute Gasteiger partial charge is 0.481 e. The van der Waals surface area contributed by atoms with E-state index < -0.39 is 48.2 Å². The lowest BCUT2D eigenvalue weighted by Gasteiger charge is -2.43. The van der Waals surface area contributed by atoms with Gasteiger partial charge >= 0.3 is 5.97 Å². The van der Waals surface area contributed by atoms with Crippen LogP contribution < -0.4 is 16.4 Å². The first kappa shape index (κ1) is 24.7. The third-order valence-electron chi connectivity index (χ3n) is 5.70. The van der Waals surface area contributed by atoms with Crippen molar-refractivity contribution in [2.24, 2.45) is 0 Å². The average Bonchev–Trinajstić information content (AvgIpc) is 2.90. The van der Waals surface area contributed by atoms with Gasteiger partial charge in [-0.25, -0.2) is 5.01 Å². The number of hydrogen-bond donors (Lipinski definition) is 4. The van der Waals surface area contributed by atoms with Crippen molar-refractivity contribution in [2.75, 3.05) is 12.3 Å². The summed E-state index contributed by atoms with van der Waals surface area (Å²) in [5.74, 6) is -3.43. The maximum absolute atomic E-state index is 13.4. The van der Waals surface area contributed by atoms with Gasteiger partial charge in [0, 0.05) is 18.7 Å². The normalized spacial score (nSPS) is 21.2. The smallest absolute Gasteiger partial charge is 0.305 e. The fourth-order valence-electron chi connectivity index (χ4n) is 4.14. The first-order valence-electron chi connectivity index (χ1n) is 10.9. The van der Waals surface area contributed by atoms with Gasteiger partial charge in [0.05, 0.1) is 18.9 Å². The number of carbonyl (C=O) groups is 6. The van der Waals surface area contributed by atoms with E-state index in [0.29, 0.717) is 24.0 Å². The Balaban J connectivity index is 1.76. The first-order valence-corrected chi connectivity index (χ1v) is 10.9. The van der Waals surface area contributed by atoms with Gasteiger partial charge in [0.2, 0.25) is 17.7 Å². The number of carboxylic acid groups (broad SMARTS) is 1. The van der Waals surface area contributed by atoms with Crippen molar-refractivity contribution in [3.63, 3.8) is 0 Å². The van der Waals surface area contributed by atoms with E-state index in [4.69, 9.17) is 10.8 Å². The van der Waals surface area contributed by atoms with E-state index in [-0.39, 0.29) is 38.1 Å². The van der Waals surface area contributed by atoms with Crippen molar-refractivity contribution >= 4 is 41.6 Å². The molecule has 182 valence electrons. The first-order chi connectivity index (χ1) is 16.2. The molecule has 3 atom stereocenters. The Bertz CT molecular complexity index is 998. The molecular weight excluding hydrogens is 446 g/mol. The van der Waals surface area contributed by atoms with Gasteiger partial charge in [-0.15, -0.1) is 0 Å². The summed E-state index contributed by atoms with van der Waals surface area (Å²) in [5, 5.41) is 16.1. The summed E-state index contributed by atoms with van der Waals surface area (Å²) in [6.07, 6.45) is 0.386. The Morgan fingerprint density at radius 3 is 2.68 bits per heavy atom. The number of carbonyl (C=O) groups excluding carboxylic acids is 5. The molecule has 0 radical (unpaired) electrons. The molecule has 12 heteroatoms. The van der Waals surface area contributed by atoms with Crippen molar-refractivity contribution in [1.82, 2.24) is 20.7 Å². The highest BCUT2D eigenvalue weighted by Crippen LogP contribution is 2.25. The number of aliphatic carboxylic acids is 1. The number of benzene rings is 1. The van der Waals surface area contributed by atoms with Gasteiger partial charge in [-0.2, -0.15) is 0 Å². The summed E-state index contributed by atoms with van der Waals surface area (Å²) in [4.78, 5) is 73.6. The molecule has 0 aliphatic carbocycles. The molecule has 2 saturated heterocycles. The fourth-order valence-corrected chi connectivity index (χ4v) is 4.14. The standard InChI is InChI=1S/C22H27N5O7/c23-14-4-1-3-13(9-14)10-18(29)25-16-6-7-19(30)26-8-2-5-17(27(26)22(16)34)21(33)24-15(12-28)11-20(31)32/h1,3-4,9,12,15-17H,2,5-8,10-11,23H2,(H,24,33)(H,25,29)(H,31,32). The van der Waals surface area contributed by atoms with E-state index in [1.54, 1.807) is 24.3 Å². The van der Waals surface area contributed by atoms with Crippen LogP contribution in [0.25, 0.3) is 0 Å². The Kier molecular flexibility index (Phi) is 7.82. The van der Waals surface area contributed by atoms with Crippen LogP contribution in [0.3, 0.4) is 0 Å². The molecular formula is C22H27N5O7. The molecule has 4 amide bonds. The second-order valence-electron chi connectivity index (χ2n) is 8.29. The average molecular weight is 473 g/mol. The second kappa shape index (κ2) is 10.8. The lowest BCUT2D eigenvalue weighted by Crippen LogP contribution is -2.64. The molecule has 1 aromatic rings. The van der Waals surface area contributed by atoms with E-state index in [9.17, 15) is 28.8 Å². The summed E-state index contributed by atoms with van der Waals surface area (Å²) in [6, 6.07) is 3.34. The molecule has 0 bridgehead atoms. The number of hydrogen-bond acceptors (Lipinski definition) is 7. The molecule has 5 N–H and O–H groups in total. The maximum atomic E-state index is 13.4. The number of aldehydes is 1. The third kappa shape index (κ3) is 5.88. The van der Waals surface area contributed by atoms with E-state index in [1.165, 1.54) is 5.01 Å². The predicted octanol–water partition coefficient (Wildman–Crippen LogP) is -1.02. The minimum absolute atomic E-state index is 0.00418. The predicted molar refractivity (Wildman–Crippen MR) is 118 cm³/mol. The van der Waals surface area contributed by atoms with Crippen molar-refractivity contribution in [3.05, 3.63) is 29.8 Å². The lowest BCUT2D eigenvalue weighted by atomic mass is 10.0. The van der Waals surface area contributed by atoms with E-state index in [0.717, 1.165) is 5.01 Å². The quantitative estimate of drug-likeness (QED) is 0.274. The number of carboxylic acids is 1. The minimum Gasteiger partial charge on any atom is -0.481 e. The van der Waals surface area contributed by atoms with Gasteiger partial charge in [0.1, 0.15) is 18.4 Å². The molecule has 2 aliphatic heterocycles. The van der Waals surface area contributed by atoms with Gasteiger partial charge in [0.25, 0.3) is 5.91 Å². The number of hydrazine groups is 1. The molecule has 0 spiro atoms. The van der Waals surface area contributed by atoms with Crippen LogP contribution in [0.4, 0.5) is 5.69 Å². The molecule has 3 unspecified atom stereocenters. The van der Waals surface area contributed by atoms with Crippen LogP contribution in [0.2, 0.25) is 0 Å². The number of nitrogen functional groups attached to an aromatic ring is 1. The maximum Gasteiger partial charge on any atom is 0.305 e. The molecule has 2 heterocycles. The van der Waals surface area contributed by atoms with Gasteiger partial charge in [0.15, 0.2) is 0 Å². The number of nitrogens with zero attached hydrogens (tertiary/aromatic N) is 2. The SMILES string of the molecule is Nc1cccc(CC(=O)NC2CCC(=O)N3CCCC(C(=O)NC(C=O)CC(=O)O)N3C2=O)c1. The van der Waals surface area contributed by atoms with E-state index >= 15 is 0 Å². The van der Waals surface area contributed by atoms with Crippen molar-refractivity contribution < 1.29 is 33.9 Å². The molecule has 2 aliphatic rings. The van der Waals surface area contributed by atoms with Crippen LogP contribution in [0.15, 0.2) is 24.3 Å². The van der Waals surface area contributed by atoms with Crippen molar-refractivity contribution in [3.8, 4) is 0 Å². The Morgan fingerprint density at radius 2 is 2.00 bits per heavy atom. The molecule has 1 aromatic carbocycles. The Labute approximate surface area is 195 Å². The van der Waals surface area contributed by atoms with Crippen LogP contribution in [0, 0.1) is 0 Å². The highest BCUT2D eigenvalue weighted by atomic mass is 16.4. The lowest BCUT2D eigenvalue weighted by molar-refractivity contribution is -0.176. The summed E-state index contributed by atoms with van der Waals surface area (Å²) in [6.45, 7) is 0.227. The monoisotopic (exact) mass is 473 g/mol. The molecule has 0 aromatic heterocycles. The summed E-state index contributed by atoms with van der Waals surface area (Å²) >= 11 is 0. The molecule has 3 rings (SSSR count). The minimum atomic E-state index is -1.27. The van der Waals surface area contributed by atoms with Crippen LogP contribution in [-0.4, -0.2) is 75.7 Å². The second-order valence-corrected chi connectivity index (χ2v) is 8.29. The Morgan fingerprint density at radius 1 is 1.24 bits per heavy atom. The van der Waals surface area contributed by atoms with E-state index in [2.05, 4.69) is 10.6 Å². The van der Waals surface area contributed by atoms with Crippen LogP contribution in [0.1, 0.15) is 37.7 Å². The summed E-state index contributed by atoms with van der Waals surface area (Å²) in [7, 11) is 0. The summed E-state index contributed by atoms with van der Waals surface area (Å²) in [5.41, 5.74) is 6.89. The summed E-state index contributed by atoms with van der Waals surface area (Å²) < 4.78 is 0. The van der Waals surface area contributed by atoms with Gasteiger partial charge in [-0.3, -0.25) is 29.0 Å². The molecule has 12 nitrogen and oxygen atoms in total. The van der Waals surface area contributed by atoms with E-state index in [1.807, 2.05) is 0 Å². The zero-order valence-electron chi connectivity index (χ0n) is 18.4. The molecule has 0 saturated carbocycles. The van der Waals surface area contributed by atoms with Crippen molar-refractivity contribution in [1.29, 1.82) is 0 Å². The number of fused-ring (bicyclic) bond motifs is 1. The van der Waals surface area contributed by atoms with Crippen LogP contribution >= 0.6 is 0 Å². The zero-order valence-corrected chi connectivity index (χ0v) is 18.4. The number of amides is 4. The van der Waals surface area contributed by atoms with Gasteiger partial charge < -0.3 is 26.3 Å². The fraction of sp³-hybridized carbons (Fsp3) is 0.455. The van der Waals surface area contributed by atoms with Crippen LogP contribution in [0.5, 0.6) is 0 Å². The van der Waals surface area contributed by atoms with Gasteiger partial charge in [-0.1, -0.05) is 12.1 Å². The molecule has 34 heavy (non-hydrogen) atoms. The third-order valence-corrected chi connectivity index (χ3v) is 5.70. The van der Waals surface area contributed by atoms with Gasteiger partial charge in [-0.05, 0) is 37.0 Å². The van der Waals surface area contributed by atoms with Crippen molar-refractivity contribution in [2.45, 2.75) is 56.7 Å². The zero-order chi connectivity index (χ0) is 24.8. The Hall–Kier alpha value is -3.96. The number of rotatable bonds is 8. The number of nitrogens with one attached hydrogen (secondary N) is 2. The highest BCUT2D eigenvalue weighted by Gasteiger charge is 2.44. The highest BCUT2D eigenvalue weighted by molar-refractivity contribution is 5.96. The number of anilines is 1. The number of nitrogens with two attached hydrogens (primary N) is 1. The topological polar surface area (TPSA) is 179 Å².